The molecule has 0 saturated carbocycles. The lowest BCUT2D eigenvalue weighted by Crippen LogP contribution is -2.40. The number of morpholine rings is 1. The van der Waals surface area contributed by atoms with Gasteiger partial charge in [-0.05, 0) is 42.5 Å². The lowest BCUT2D eigenvalue weighted by molar-refractivity contribution is 0.0730. The number of anilines is 1. The number of pyridine rings is 2. The topological polar surface area (TPSA) is 121 Å². The normalized spacial score (nSPS) is 15.0. The highest BCUT2D eigenvalue weighted by Crippen LogP contribution is 2.25. The summed E-state index contributed by atoms with van der Waals surface area (Å²) in [5.74, 6) is -0.518. The Kier molecular flexibility index (Phi) is 5.41. The van der Waals surface area contributed by atoms with Gasteiger partial charge in [0.05, 0.1) is 29.2 Å². The van der Waals surface area contributed by atoms with Gasteiger partial charge in [-0.3, -0.25) is 14.6 Å². The molecular weight excluding hydrogens is 444 g/mol. The zero-order chi connectivity index (χ0) is 23.0. The first-order valence-corrected chi connectivity index (χ1v) is 11.8. The largest absolute Gasteiger partial charge is 0.379 e. The standard InChI is InChI=1S/C23H20N4O5S/c28-22-14-19(23(29)25-16-3-5-20-15(12-16)2-1-7-24-20)18-13-17(4-6-21(18)26-22)33(30,31)27-8-10-32-11-9-27/h1-7,12-14H,8-11H2,(H,25,29)(H,26,28). The minimum Gasteiger partial charge on any atom is -0.379 e. The number of amides is 1. The quantitative estimate of drug-likeness (QED) is 0.478. The molecule has 10 heteroatoms. The predicted molar refractivity (Wildman–Crippen MR) is 124 cm³/mol. The summed E-state index contributed by atoms with van der Waals surface area (Å²) >= 11 is 0. The van der Waals surface area contributed by atoms with E-state index in [-0.39, 0.29) is 23.5 Å². The maximum atomic E-state index is 13.1. The number of aromatic amines is 1. The highest BCUT2D eigenvalue weighted by atomic mass is 32.2. The van der Waals surface area contributed by atoms with Gasteiger partial charge in [0, 0.05) is 47.3 Å². The molecule has 0 unspecified atom stereocenters. The van der Waals surface area contributed by atoms with Crippen molar-refractivity contribution in [3.63, 3.8) is 0 Å². The second kappa shape index (κ2) is 8.39. The maximum absolute atomic E-state index is 13.1. The van der Waals surface area contributed by atoms with Crippen molar-refractivity contribution in [1.29, 1.82) is 0 Å². The van der Waals surface area contributed by atoms with Crippen LogP contribution >= 0.6 is 0 Å². The van der Waals surface area contributed by atoms with E-state index in [0.717, 1.165) is 10.9 Å². The molecule has 0 radical (unpaired) electrons. The van der Waals surface area contributed by atoms with Gasteiger partial charge in [0.15, 0.2) is 0 Å². The number of fused-ring (bicyclic) bond motifs is 2. The molecule has 4 aromatic rings. The third kappa shape index (κ3) is 4.11. The fourth-order valence-corrected chi connectivity index (χ4v) is 5.30. The average molecular weight is 465 g/mol. The number of rotatable bonds is 4. The van der Waals surface area contributed by atoms with Gasteiger partial charge >= 0.3 is 0 Å². The van der Waals surface area contributed by atoms with E-state index in [1.54, 1.807) is 30.5 Å². The van der Waals surface area contributed by atoms with Crippen LogP contribution in [0.15, 0.2) is 70.5 Å². The lowest BCUT2D eigenvalue weighted by Gasteiger charge is -2.26. The first-order chi connectivity index (χ1) is 15.9. The number of nitrogens with one attached hydrogen (secondary N) is 2. The van der Waals surface area contributed by atoms with Crippen LogP contribution in [0.1, 0.15) is 10.4 Å². The lowest BCUT2D eigenvalue weighted by atomic mass is 10.1. The molecule has 1 saturated heterocycles. The zero-order valence-corrected chi connectivity index (χ0v) is 18.3. The number of carbonyl (C=O) groups excluding carboxylic acids is 1. The van der Waals surface area contributed by atoms with Crippen molar-refractivity contribution in [3.05, 3.63) is 76.7 Å². The molecule has 2 aromatic carbocycles. The SMILES string of the molecule is O=C(Nc1ccc2ncccc2c1)c1cc(=O)[nH]c2ccc(S(=O)(=O)N3CCOCC3)cc12. The summed E-state index contributed by atoms with van der Waals surface area (Å²) in [5.41, 5.74) is 1.32. The summed E-state index contributed by atoms with van der Waals surface area (Å²) in [6, 6.07) is 14.5. The second-order valence-corrected chi connectivity index (χ2v) is 9.57. The molecule has 9 nitrogen and oxygen atoms in total. The molecule has 0 aliphatic carbocycles. The molecule has 0 spiro atoms. The molecular formula is C23H20N4O5S. The van der Waals surface area contributed by atoms with Crippen molar-refractivity contribution in [1.82, 2.24) is 14.3 Å². The van der Waals surface area contributed by atoms with Gasteiger partial charge in [-0.15, -0.1) is 0 Å². The Morgan fingerprint density at radius 2 is 1.88 bits per heavy atom. The minimum atomic E-state index is -3.77. The molecule has 168 valence electrons. The van der Waals surface area contributed by atoms with E-state index in [9.17, 15) is 18.0 Å². The van der Waals surface area contributed by atoms with Crippen LogP contribution in [0.5, 0.6) is 0 Å². The zero-order valence-electron chi connectivity index (χ0n) is 17.4. The molecule has 33 heavy (non-hydrogen) atoms. The molecule has 1 amide bonds. The third-order valence-corrected chi connectivity index (χ3v) is 7.42. The van der Waals surface area contributed by atoms with Crippen LogP contribution in [0.25, 0.3) is 21.8 Å². The van der Waals surface area contributed by atoms with E-state index in [0.29, 0.717) is 29.8 Å². The van der Waals surface area contributed by atoms with Crippen molar-refractivity contribution in [3.8, 4) is 0 Å². The monoisotopic (exact) mass is 464 g/mol. The molecule has 1 fully saturated rings. The predicted octanol–water partition coefficient (Wildman–Crippen LogP) is 2.35. The molecule has 2 N–H and O–H groups in total. The second-order valence-electron chi connectivity index (χ2n) is 7.64. The van der Waals surface area contributed by atoms with Crippen LogP contribution in [0.3, 0.4) is 0 Å². The molecule has 0 atom stereocenters. The van der Waals surface area contributed by atoms with Crippen LogP contribution in [0.2, 0.25) is 0 Å². The van der Waals surface area contributed by atoms with E-state index in [1.807, 2.05) is 6.07 Å². The van der Waals surface area contributed by atoms with Crippen molar-refractivity contribution >= 4 is 43.4 Å². The summed E-state index contributed by atoms with van der Waals surface area (Å²) in [6.07, 6.45) is 1.69. The minimum absolute atomic E-state index is 0.0507. The van der Waals surface area contributed by atoms with E-state index in [1.165, 1.54) is 28.6 Å². The van der Waals surface area contributed by atoms with Crippen molar-refractivity contribution < 1.29 is 17.9 Å². The summed E-state index contributed by atoms with van der Waals surface area (Å²) in [5, 5.41) is 3.98. The highest BCUT2D eigenvalue weighted by Gasteiger charge is 2.27. The summed E-state index contributed by atoms with van der Waals surface area (Å²) in [6.45, 7) is 1.18. The van der Waals surface area contributed by atoms with Crippen LogP contribution in [0.4, 0.5) is 5.69 Å². The Labute approximate surface area is 189 Å². The van der Waals surface area contributed by atoms with Crippen LogP contribution in [0, 0.1) is 0 Å². The molecule has 2 aromatic heterocycles. The smallest absolute Gasteiger partial charge is 0.256 e. The Balaban J connectivity index is 1.54. The van der Waals surface area contributed by atoms with E-state index in [2.05, 4.69) is 15.3 Å². The number of hydrogen-bond acceptors (Lipinski definition) is 6. The number of benzene rings is 2. The van der Waals surface area contributed by atoms with E-state index >= 15 is 0 Å². The third-order valence-electron chi connectivity index (χ3n) is 5.53. The number of nitrogens with zero attached hydrogens (tertiary/aromatic N) is 2. The number of hydrogen-bond donors (Lipinski definition) is 2. The van der Waals surface area contributed by atoms with Crippen LogP contribution in [-0.4, -0.2) is 54.9 Å². The Morgan fingerprint density at radius 1 is 1.06 bits per heavy atom. The highest BCUT2D eigenvalue weighted by molar-refractivity contribution is 7.89. The van der Waals surface area contributed by atoms with Gasteiger partial charge < -0.3 is 15.0 Å². The number of sulfonamides is 1. The first-order valence-electron chi connectivity index (χ1n) is 10.3. The van der Waals surface area contributed by atoms with Crippen molar-refractivity contribution in [2.24, 2.45) is 0 Å². The van der Waals surface area contributed by atoms with Gasteiger partial charge in [0.2, 0.25) is 15.6 Å². The van der Waals surface area contributed by atoms with E-state index < -0.39 is 21.5 Å². The fraction of sp³-hybridized carbons (Fsp3) is 0.174. The molecule has 3 heterocycles. The van der Waals surface area contributed by atoms with Gasteiger partial charge in [-0.2, -0.15) is 4.31 Å². The Hall–Kier alpha value is -3.60. The van der Waals surface area contributed by atoms with E-state index in [4.69, 9.17) is 4.74 Å². The van der Waals surface area contributed by atoms with Crippen molar-refractivity contribution in [2.45, 2.75) is 4.90 Å². The molecule has 1 aliphatic heterocycles. The summed E-state index contributed by atoms with van der Waals surface area (Å²) in [7, 11) is -3.77. The maximum Gasteiger partial charge on any atom is 0.256 e. The molecule has 1 aliphatic rings. The van der Waals surface area contributed by atoms with Crippen LogP contribution in [-0.2, 0) is 14.8 Å². The summed E-state index contributed by atoms with van der Waals surface area (Å²) in [4.78, 5) is 32.3. The van der Waals surface area contributed by atoms with Crippen molar-refractivity contribution in [2.75, 3.05) is 31.6 Å². The van der Waals surface area contributed by atoms with Gasteiger partial charge in [-0.1, -0.05) is 6.07 Å². The first kappa shape index (κ1) is 21.3. The molecule has 0 bridgehead atoms. The Bertz CT molecular complexity index is 1540. The Morgan fingerprint density at radius 3 is 2.70 bits per heavy atom. The van der Waals surface area contributed by atoms with Crippen LogP contribution < -0.4 is 10.9 Å². The van der Waals surface area contributed by atoms with Gasteiger partial charge in [-0.25, -0.2) is 8.42 Å². The average Bonchev–Trinajstić information content (AvgIpc) is 2.83. The van der Waals surface area contributed by atoms with Gasteiger partial charge in [0.1, 0.15) is 0 Å². The molecule has 5 rings (SSSR count). The number of carbonyl (C=O) groups is 1. The number of H-pyrrole nitrogens is 1. The van der Waals surface area contributed by atoms with Gasteiger partial charge in [0.25, 0.3) is 5.91 Å². The number of aromatic nitrogens is 2. The fourth-order valence-electron chi connectivity index (χ4n) is 3.87. The summed E-state index contributed by atoms with van der Waals surface area (Å²) < 4.78 is 32.8. The number of ether oxygens (including phenoxy) is 1.